The molecule has 3 aromatic rings. The molecule has 0 aliphatic carbocycles. The summed E-state index contributed by atoms with van der Waals surface area (Å²) in [5.41, 5.74) is 3.83. The summed E-state index contributed by atoms with van der Waals surface area (Å²) in [4.78, 5) is 28.4. The molecule has 3 rings (SSSR count). The second kappa shape index (κ2) is 15.0. The summed E-state index contributed by atoms with van der Waals surface area (Å²) in [6.07, 6.45) is 2.52. The van der Waals surface area contributed by atoms with Crippen molar-refractivity contribution in [2.24, 2.45) is 11.8 Å². The fourth-order valence-electron chi connectivity index (χ4n) is 5.04. The Hall–Kier alpha value is -3.21. The van der Waals surface area contributed by atoms with Gasteiger partial charge in [-0.05, 0) is 60.9 Å². The molecule has 6 nitrogen and oxygen atoms in total. The minimum Gasteiger partial charge on any atom is -0.467 e. The largest absolute Gasteiger partial charge is 0.467 e. The van der Waals surface area contributed by atoms with Gasteiger partial charge >= 0.3 is 5.97 Å². The summed E-state index contributed by atoms with van der Waals surface area (Å²) < 4.78 is 24.5. The number of aryl methyl sites for hydroxylation is 1. The van der Waals surface area contributed by atoms with Crippen molar-refractivity contribution in [3.05, 3.63) is 90.5 Å². The average molecular weight is 564 g/mol. The minimum atomic E-state index is -3.11. The third kappa shape index (κ3) is 8.64. The maximum atomic E-state index is 14.2. The topological polar surface area (TPSA) is 72.9 Å². The summed E-state index contributed by atoms with van der Waals surface area (Å²) >= 11 is 0. The fraction of sp³-hybridized carbons (Fsp3) is 0.394. The molecule has 3 atom stereocenters. The molecule has 3 aromatic carbocycles. The Morgan fingerprint density at radius 2 is 1.40 bits per heavy atom. The van der Waals surface area contributed by atoms with Gasteiger partial charge < -0.3 is 9.26 Å². The molecular formula is C33H42NO5P. The van der Waals surface area contributed by atoms with Crippen LogP contribution in [0.3, 0.4) is 0 Å². The molecule has 0 radical (unpaired) electrons. The van der Waals surface area contributed by atoms with Crippen LogP contribution >= 0.6 is 7.37 Å². The first-order chi connectivity index (χ1) is 19.2. The van der Waals surface area contributed by atoms with E-state index in [-0.39, 0.29) is 18.0 Å². The van der Waals surface area contributed by atoms with E-state index in [0.29, 0.717) is 24.7 Å². The number of hydrogen-bond acceptors (Lipinski definition) is 5. The number of esters is 1. The molecule has 0 heterocycles. The van der Waals surface area contributed by atoms with Crippen LogP contribution in [-0.4, -0.2) is 44.5 Å². The molecule has 0 fully saturated rings. The van der Waals surface area contributed by atoms with Crippen LogP contribution in [0.1, 0.15) is 39.2 Å². The molecule has 7 heteroatoms. The highest BCUT2D eigenvalue weighted by Crippen LogP contribution is 2.49. The van der Waals surface area contributed by atoms with Gasteiger partial charge in [0.1, 0.15) is 6.04 Å². The average Bonchev–Trinajstić information content (AvgIpc) is 2.97. The van der Waals surface area contributed by atoms with Crippen LogP contribution in [0.4, 0.5) is 5.69 Å². The summed E-state index contributed by atoms with van der Waals surface area (Å²) in [5, 5.41) is 0. The van der Waals surface area contributed by atoms with Crippen molar-refractivity contribution in [3.8, 4) is 11.1 Å². The van der Waals surface area contributed by atoms with E-state index in [0.717, 1.165) is 17.5 Å². The maximum absolute atomic E-state index is 14.2. The number of carbonyl (C=O) groups excluding carboxylic acids is 2. The van der Waals surface area contributed by atoms with E-state index in [2.05, 4.69) is 12.1 Å². The van der Waals surface area contributed by atoms with Gasteiger partial charge in [0.2, 0.25) is 13.3 Å². The van der Waals surface area contributed by atoms with Crippen molar-refractivity contribution in [2.45, 2.75) is 46.1 Å². The zero-order valence-electron chi connectivity index (χ0n) is 24.3. The standard InChI is InChI=1S/C33H42NO5P/c1-25(2)23-30(24-40(37,39-5)22-12-15-27-13-8-6-9-14-27)32(35)34(26(3)33(36)38-4)31-20-18-29(19-21-31)28-16-10-7-11-17-28/h6-11,13-14,16-21,25-26,30H,12,15,22-24H2,1-5H3/t26-,30?,40?/m0/s1. The number of ether oxygens (including phenoxy) is 1. The van der Waals surface area contributed by atoms with Crippen molar-refractivity contribution in [3.63, 3.8) is 0 Å². The van der Waals surface area contributed by atoms with E-state index in [1.54, 1.807) is 6.92 Å². The van der Waals surface area contributed by atoms with Crippen LogP contribution in [-0.2, 0) is 29.8 Å². The van der Waals surface area contributed by atoms with Crippen LogP contribution in [0.15, 0.2) is 84.9 Å². The Kier molecular flexibility index (Phi) is 11.7. The Labute approximate surface area is 239 Å². The first kappa shape index (κ1) is 31.3. The Bertz CT molecular complexity index is 1260. The maximum Gasteiger partial charge on any atom is 0.328 e. The lowest BCUT2D eigenvalue weighted by molar-refractivity contribution is -0.143. The third-order valence-corrected chi connectivity index (χ3v) is 9.82. The highest BCUT2D eigenvalue weighted by Gasteiger charge is 2.37. The van der Waals surface area contributed by atoms with E-state index in [1.165, 1.54) is 24.7 Å². The second-order valence-corrected chi connectivity index (χ2v) is 13.4. The molecule has 0 spiro atoms. The van der Waals surface area contributed by atoms with Crippen molar-refractivity contribution >= 4 is 24.9 Å². The van der Waals surface area contributed by atoms with Gasteiger partial charge in [0.15, 0.2) is 0 Å². The molecule has 0 N–H and O–H groups in total. The molecule has 2 unspecified atom stereocenters. The quantitative estimate of drug-likeness (QED) is 0.150. The van der Waals surface area contributed by atoms with E-state index < -0.39 is 25.3 Å². The first-order valence-corrected chi connectivity index (χ1v) is 15.9. The predicted molar refractivity (Wildman–Crippen MR) is 163 cm³/mol. The molecule has 0 aromatic heterocycles. The number of methoxy groups -OCH3 is 1. The molecule has 214 valence electrons. The highest BCUT2D eigenvalue weighted by molar-refractivity contribution is 7.59. The van der Waals surface area contributed by atoms with Crippen molar-refractivity contribution in [1.29, 1.82) is 0 Å². The Morgan fingerprint density at radius 3 is 1.95 bits per heavy atom. The molecule has 40 heavy (non-hydrogen) atoms. The van der Waals surface area contributed by atoms with Crippen LogP contribution in [0, 0.1) is 11.8 Å². The van der Waals surface area contributed by atoms with Crippen LogP contribution in [0.25, 0.3) is 11.1 Å². The lowest BCUT2D eigenvalue weighted by Gasteiger charge is -2.33. The lowest BCUT2D eigenvalue weighted by atomic mass is 9.96. The zero-order valence-corrected chi connectivity index (χ0v) is 25.2. The highest BCUT2D eigenvalue weighted by atomic mass is 31.2. The fourth-order valence-corrected chi connectivity index (χ4v) is 7.17. The minimum absolute atomic E-state index is 0.127. The van der Waals surface area contributed by atoms with Gasteiger partial charge in [0.25, 0.3) is 0 Å². The summed E-state index contributed by atoms with van der Waals surface area (Å²) in [6, 6.07) is 26.7. The van der Waals surface area contributed by atoms with Crippen molar-refractivity contribution in [2.75, 3.05) is 31.4 Å². The van der Waals surface area contributed by atoms with Crippen LogP contribution in [0.2, 0.25) is 0 Å². The van der Waals surface area contributed by atoms with Gasteiger partial charge in [-0.1, -0.05) is 86.6 Å². The SMILES string of the molecule is COC(=O)[C@H](C)N(C(=O)C(CC(C)C)CP(=O)(CCCc1ccccc1)OC)c1ccc(-c2ccccc2)cc1. The van der Waals surface area contributed by atoms with Crippen LogP contribution in [0.5, 0.6) is 0 Å². The van der Waals surface area contributed by atoms with E-state index >= 15 is 0 Å². The normalized spacial score (nSPS) is 14.2. The van der Waals surface area contributed by atoms with E-state index in [1.807, 2.05) is 86.6 Å². The Morgan fingerprint density at radius 1 is 0.825 bits per heavy atom. The lowest BCUT2D eigenvalue weighted by Crippen LogP contribution is -2.47. The van der Waals surface area contributed by atoms with E-state index in [4.69, 9.17) is 9.26 Å². The molecular weight excluding hydrogens is 521 g/mol. The monoisotopic (exact) mass is 563 g/mol. The van der Waals surface area contributed by atoms with Gasteiger partial charge in [0, 0.05) is 31.0 Å². The van der Waals surface area contributed by atoms with Gasteiger partial charge in [-0.25, -0.2) is 4.79 Å². The zero-order chi connectivity index (χ0) is 29.1. The summed E-state index contributed by atoms with van der Waals surface area (Å²) in [6.45, 7) is 5.74. The molecule has 0 saturated carbocycles. The second-order valence-electron chi connectivity index (χ2n) is 10.6. The van der Waals surface area contributed by atoms with Gasteiger partial charge in [0.05, 0.1) is 7.11 Å². The third-order valence-electron chi connectivity index (χ3n) is 7.16. The summed E-state index contributed by atoms with van der Waals surface area (Å²) in [7, 11) is -0.321. The molecule has 0 saturated heterocycles. The molecule has 1 amide bonds. The van der Waals surface area contributed by atoms with Crippen molar-refractivity contribution < 1.29 is 23.4 Å². The van der Waals surface area contributed by atoms with E-state index in [9.17, 15) is 14.2 Å². The van der Waals surface area contributed by atoms with Gasteiger partial charge in [-0.15, -0.1) is 0 Å². The van der Waals surface area contributed by atoms with Crippen LogP contribution < -0.4 is 4.90 Å². The molecule has 0 aliphatic heterocycles. The van der Waals surface area contributed by atoms with Gasteiger partial charge in [-0.3, -0.25) is 14.3 Å². The molecule has 0 bridgehead atoms. The number of nitrogens with zero attached hydrogens (tertiary/aromatic N) is 1. The Balaban J connectivity index is 1.88. The number of amides is 1. The van der Waals surface area contributed by atoms with Crippen molar-refractivity contribution in [1.82, 2.24) is 0 Å². The number of rotatable bonds is 14. The summed E-state index contributed by atoms with van der Waals surface area (Å²) in [5.74, 6) is -1.16. The number of benzene rings is 3. The predicted octanol–water partition coefficient (Wildman–Crippen LogP) is 7.47. The number of carbonyl (C=O) groups is 2. The number of anilines is 1. The smallest absolute Gasteiger partial charge is 0.328 e. The first-order valence-electron chi connectivity index (χ1n) is 13.9. The molecule has 0 aliphatic rings. The number of hydrogen-bond donors (Lipinski definition) is 0. The van der Waals surface area contributed by atoms with Gasteiger partial charge in [-0.2, -0.15) is 0 Å².